The highest BCUT2D eigenvalue weighted by molar-refractivity contribution is 5.66. The summed E-state index contributed by atoms with van der Waals surface area (Å²) in [6, 6.07) is 8.38. The molecule has 1 heterocycles. The smallest absolute Gasteiger partial charge is 0.156 e. The van der Waals surface area contributed by atoms with Crippen molar-refractivity contribution in [1.29, 1.82) is 0 Å². The van der Waals surface area contributed by atoms with Gasteiger partial charge in [-0.15, -0.1) is 0 Å². The summed E-state index contributed by atoms with van der Waals surface area (Å²) in [6.45, 7) is 4.04. The van der Waals surface area contributed by atoms with Crippen LogP contribution in [0.3, 0.4) is 0 Å². The summed E-state index contributed by atoms with van der Waals surface area (Å²) in [5.74, 6) is 0. The maximum atomic E-state index is 5.82. The molecule has 2 heteroatoms. The van der Waals surface area contributed by atoms with Gasteiger partial charge in [-0.2, -0.15) is 0 Å². The van der Waals surface area contributed by atoms with Gasteiger partial charge in [0.15, 0.2) is 6.29 Å². The summed E-state index contributed by atoms with van der Waals surface area (Å²) in [5, 5.41) is 0. The molecule has 0 spiro atoms. The minimum Gasteiger partial charge on any atom is -0.346 e. The zero-order valence-corrected chi connectivity index (χ0v) is 8.94. The van der Waals surface area contributed by atoms with Crippen LogP contribution in [0.2, 0.25) is 0 Å². The predicted octanol–water partition coefficient (Wildman–Crippen LogP) is 2.91. The molecule has 1 saturated heterocycles. The van der Waals surface area contributed by atoms with E-state index in [2.05, 4.69) is 37.3 Å². The minimum absolute atomic E-state index is 0.111. The first-order valence-corrected chi connectivity index (χ1v) is 5.37. The monoisotopic (exact) mass is 202 g/mol. The van der Waals surface area contributed by atoms with Gasteiger partial charge in [-0.3, -0.25) is 0 Å². The summed E-state index contributed by atoms with van der Waals surface area (Å²) < 4.78 is 11.5. The zero-order valence-electron chi connectivity index (χ0n) is 8.94. The van der Waals surface area contributed by atoms with E-state index in [0.29, 0.717) is 0 Å². The SMILES string of the molecule is C[C@@H]1O[C@H](C)C2=Cc3ccccc3[C@H]2O1. The van der Waals surface area contributed by atoms with E-state index in [-0.39, 0.29) is 18.5 Å². The first-order valence-electron chi connectivity index (χ1n) is 5.37. The maximum absolute atomic E-state index is 5.82. The Morgan fingerprint density at radius 2 is 1.87 bits per heavy atom. The number of hydrogen-bond acceptors (Lipinski definition) is 2. The standard InChI is InChI=1S/C13H14O2/c1-8-12-7-10-5-3-4-6-11(10)13(12)15-9(2)14-8/h3-9,13H,1-2H3/t8-,9-,13-/m1/s1. The van der Waals surface area contributed by atoms with Gasteiger partial charge in [-0.05, 0) is 36.6 Å². The van der Waals surface area contributed by atoms with E-state index in [1.165, 1.54) is 16.7 Å². The van der Waals surface area contributed by atoms with E-state index in [1.54, 1.807) is 0 Å². The van der Waals surface area contributed by atoms with Crippen molar-refractivity contribution in [2.24, 2.45) is 0 Å². The Bertz CT molecular complexity index is 422. The fraction of sp³-hybridized carbons (Fsp3) is 0.385. The van der Waals surface area contributed by atoms with Crippen LogP contribution in [-0.2, 0) is 9.47 Å². The molecule has 3 atom stereocenters. The van der Waals surface area contributed by atoms with E-state index in [9.17, 15) is 0 Å². The molecule has 0 bridgehead atoms. The van der Waals surface area contributed by atoms with E-state index < -0.39 is 0 Å². The lowest BCUT2D eigenvalue weighted by atomic mass is 10.0. The molecule has 3 rings (SSSR count). The van der Waals surface area contributed by atoms with E-state index in [1.807, 2.05) is 6.92 Å². The van der Waals surface area contributed by atoms with Crippen LogP contribution in [0.5, 0.6) is 0 Å². The third-order valence-electron chi connectivity index (χ3n) is 3.10. The van der Waals surface area contributed by atoms with E-state index >= 15 is 0 Å². The summed E-state index contributed by atoms with van der Waals surface area (Å²) in [4.78, 5) is 0. The minimum atomic E-state index is -0.117. The highest BCUT2D eigenvalue weighted by Crippen LogP contribution is 2.43. The van der Waals surface area contributed by atoms with Gasteiger partial charge in [0, 0.05) is 0 Å². The molecule has 2 aliphatic rings. The van der Waals surface area contributed by atoms with Crippen molar-refractivity contribution >= 4 is 6.08 Å². The molecule has 0 saturated carbocycles. The van der Waals surface area contributed by atoms with Crippen molar-refractivity contribution in [3.63, 3.8) is 0 Å². The van der Waals surface area contributed by atoms with Crippen LogP contribution in [-0.4, -0.2) is 12.4 Å². The molecule has 1 aliphatic heterocycles. The average molecular weight is 202 g/mol. The topological polar surface area (TPSA) is 18.5 Å². The molecule has 0 aromatic heterocycles. The summed E-state index contributed by atoms with van der Waals surface area (Å²) >= 11 is 0. The van der Waals surface area contributed by atoms with E-state index in [4.69, 9.17) is 9.47 Å². The summed E-state index contributed by atoms with van der Waals surface area (Å²) in [5.41, 5.74) is 3.78. The lowest BCUT2D eigenvalue weighted by molar-refractivity contribution is -0.201. The molecule has 1 aromatic carbocycles. The van der Waals surface area contributed by atoms with Crippen molar-refractivity contribution in [2.45, 2.75) is 32.3 Å². The number of rotatable bonds is 0. The molecule has 0 radical (unpaired) electrons. The Morgan fingerprint density at radius 3 is 2.73 bits per heavy atom. The molecule has 78 valence electrons. The highest BCUT2D eigenvalue weighted by Gasteiger charge is 2.35. The van der Waals surface area contributed by atoms with Gasteiger partial charge in [0.25, 0.3) is 0 Å². The quantitative estimate of drug-likeness (QED) is 0.644. The molecule has 0 amide bonds. The van der Waals surface area contributed by atoms with Crippen LogP contribution in [0.4, 0.5) is 0 Å². The first-order chi connectivity index (χ1) is 7.25. The lowest BCUT2D eigenvalue weighted by Crippen LogP contribution is -2.31. The molecule has 1 fully saturated rings. The molecule has 0 unspecified atom stereocenters. The third kappa shape index (κ3) is 1.33. The van der Waals surface area contributed by atoms with Crippen LogP contribution in [0.15, 0.2) is 29.8 Å². The highest BCUT2D eigenvalue weighted by atomic mass is 16.7. The normalized spacial score (nSPS) is 33.2. The van der Waals surface area contributed by atoms with Crippen molar-refractivity contribution in [1.82, 2.24) is 0 Å². The van der Waals surface area contributed by atoms with Gasteiger partial charge in [-0.25, -0.2) is 0 Å². The van der Waals surface area contributed by atoms with Crippen LogP contribution in [0.1, 0.15) is 31.1 Å². The Labute approximate surface area is 89.5 Å². The lowest BCUT2D eigenvalue weighted by Gasteiger charge is -2.33. The largest absolute Gasteiger partial charge is 0.346 e. The van der Waals surface area contributed by atoms with Crippen LogP contribution in [0, 0.1) is 0 Å². The van der Waals surface area contributed by atoms with Gasteiger partial charge in [-0.1, -0.05) is 24.3 Å². The predicted molar refractivity (Wildman–Crippen MR) is 58.3 cm³/mol. The second kappa shape index (κ2) is 3.19. The Hall–Kier alpha value is -1.12. The molecule has 1 aliphatic carbocycles. The van der Waals surface area contributed by atoms with Crippen LogP contribution >= 0.6 is 0 Å². The molecular weight excluding hydrogens is 188 g/mol. The summed E-state index contributed by atoms with van der Waals surface area (Å²) in [7, 11) is 0. The maximum Gasteiger partial charge on any atom is 0.156 e. The number of hydrogen-bond donors (Lipinski definition) is 0. The fourth-order valence-corrected chi connectivity index (χ4v) is 2.39. The van der Waals surface area contributed by atoms with Crippen LogP contribution < -0.4 is 0 Å². The summed E-state index contributed by atoms with van der Waals surface area (Å²) in [6.07, 6.45) is 2.34. The molecular formula is C13H14O2. The van der Waals surface area contributed by atoms with Gasteiger partial charge < -0.3 is 9.47 Å². The molecule has 1 aromatic rings. The van der Waals surface area contributed by atoms with Gasteiger partial charge in [0.1, 0.15) is 6.10 Å². The van der Waals surface area contributed by atoms with Crippen LogP contribution in [0.25, 0.3) is 6.08 Å². The molecule has 0 N–H and O–H groups in total. The second-order valence-corrected chi connectivity index (χ2v) is 4.14. The Balaban J connectivity index is 2.06. The molecule has 15 heavy (non-hydrogen) atoms. The number of benzene rings is 1. The Kier molecular flexibility index (Phi) is 1.94. The van der Waals surface area contributed by atoms with Gasteiger partial charge in [0.05, 0.1) is 6.10 Å². The third-order valence-corrected chi connectivity index (χ3v) is 3.10. The second-order valence-electron chi connectivity index (χ2n) is 4.14. The van der Waals surface area contributed by atoms with Crippen molar-refractivity contribution in [3.05, 3.63) is 41.0 Å². The first kappa shape index (κ1) is 9.13. The number of fused-ring (bicyclic) bond motifs is 3. The number of ether oxygens (including phenoxy) is 2. The molecule has 2 nitrogen and oxygen atoms in total. The fourth-order valence-electron chi connectivity index (χ4n) is 2.39. The van der Waals surface area contributed by atoms with Gasteiger partial charge in [0.2, 0.25) is 0 Å². The van der Waals surface area contributed by atoms with E-state index in [0.717, 1.165) is 0 Å². The average Bonchev–Trinajstić information content (AvgIpc) is 2.57. The zero-order chi connectivity index (χ0) is 10.4. The van der Waals surface area contributed by atoms with Crippen molar-refractivity contribution in [3.8, 4) is 0 Å². The Morgan fingerprint density at radius 1 is 1.07 bits per heavy atom. The van der Waals surface area contributed by atoms with Gasteiger partial charge >= 0.3 is 0 Å². The van der Waals surface area contributed by atoms with Crippen molar-refractivity contribution in [2.75, 3.05) is 0 Å². The van der Waals surface area contributed by atoms with Crippen molar-refractivity contribution < 1.29 is 9.47 Å².